The Kier molecular flexibility index (Phi) is 4.46. The first-order valence-corrected chi connectivity index (χ1v) is 8.56. The van der Waals surface area contributed by atoms with Gasteiger partial charge in [-0.25, -0.2) is 0 Å². The molecule has 0 saturated carbocycles. The van der Waals surface area contributed by atoms with Crippen molar-refractivity contribution in [2.75, 3.05) is 18.5 Å². The first-order chi connectivity index (χ1) is 13.3. The standard InChI is InChI=1S/C22H16N2O3/c23-14-15-5-1-2-6-17(15)18-7-3-4-8-19(18)22(25)24-16-9-10-20-21(13-16)27-12-11-26-20/h1-10,13H,11-12H2,(H,24,25). The second-order valence-electron chi connectivity index (χ2n) is 6.02. The highest BCUT2D eigenvalue weighted by molar-refractivity contribution is 6.09. The van der Waals surface area contributed by atoms with Crippen molar-refractivity contribution in [2.24, 2.45) is 0 Å². The molecule has 1 amide bonds. The monoisotopic (exact) mass is 356 g/mol. The van der Waals surface area contributed by atoms with Gasteiger partial charge >= 0.3 is 0 Å². The second-order valence-corrected chi connectivity index (χ2v) is 6.02. The molecule has 0 spiro atoms. The lowest BCUT2D eigenvalue weighted by atomic mass is 9.95. The van der Waals surface area contributed by atoms with E-state index in [4.69, 9.17) is 9.47 Å². The number of hydrogen-bond donors (Lipinski definition) is 1. The number of nitrogens with one attached hydrogen (secondary N) is 1. The Morgan fingerprint density at radius 2 is 1.59 bits per heavy atom. The number of nitrogens with zero attached hydrogens (tertiary/aromatic N) is 1. The predicted molar refractivity (Wildman–Crippen MR) is 102 cm³/mol. The lowest BCUT2D eigenvalue weighted by Gasteiger charge is -2.19. The lowest BCUT2D eigenvalue weighted by molar-refractivity contribution is 0.102. The Hall–Kier alpha value is -3.78. The summed E-state index contributed by atoms with van der Waals surface area (Å²) < 4.78 is 11.1. The highest BCUT2D eigenvalue weighted by atomic mass is 16.6. The summed E-state index contributed by atoms with van der Waals surface area (Å²) in [5.74, 6) is 1.03. The molecule has 0 atom stereocenters. The molecule has 132 valence electrons. The molecule has 5 heteroatoms. The van der Waals surface area contributed by atoms with Crippen LogP contribution in [0.4, 0.5) is 5.69 Å². The van der Waals surface area contributed by atoms with Crippen molar-refractivity contribution in [3.8, 4) is 28.7 Å². The number of carbonyl (C=O) groups excluding carboxylic acids is 1. The predicted octanol–water partition coefficient (Wildman–Crippen LogP) is 4.25. The fourth-order valence-electron chi connectivity index (χ4n) is 3.05. The van der Waals surface area contributed by atoms with E-state index in [0.29, 0.717) is 47.1 Å². The van der Waals surface area contributed by atoms with Crippen LogP contribution in [0, 0.1) is 11.3 Å². The van der Waals surface area contributed by atoms with Crippen LogP contribution in [0.5, 0.6) is 11.5 Å². The van der Waals surface area contributed by atoms with E-state index in [-0.39, 0.29) is 5.91 Å². The van der Waals surface area contributed by atoms with E-state index in [1.165, 1.54) is 0 Å². The maximum atomic E-state index is 12.9. The van der Waals surface area contributed by atoms with Gasteiger partial charge in [0, 0.05) is 22.9 Å². The Balaban J connectivity index is 1.66. The highest BCUT2D eigenvalue weighted by Crippen LogP contribution is 2.33. The Morgan fingerprint density at radius 1 is 0.889 bits per heavy atom. The molecule has 0 saturated heterocycles. The summed E-state index contributed by atoms with van der Waals surface area (Å²) >= 11 is 0. The number of anilines is 1. The van der Waals surface area contributed by atoms with E-state index in [0.717, 1.165) is 5.56 Å². The zero-order valence-corrected chi connectivity index (χ0v) is 14.4. The van der Waals surface area contributed by atoms with Gasteiger partial charge in [0.05, 0.1) is 11.6 Å². The van der Waals surface area contributed by atoms with E-state index in [1.54, 1.807) is 42.5 Å². The molecule has 0 bridgehead atoms. The first kappa shape index (κ1) is 16.7. The van der Waals surface area contributed by atoms with Gasteiger partial charge in [0.1, 0.15) is 13.2 Å². The lowest BCUT2D eigenvalue weighted by Crippen LogP contribution is -2.16. The quantitative estimate of drug-likeness (QED) is 0.761. The number of hydrogen-bond acceptors (Lipinski definition) is 4. The summed E-state index contributed by atoms with van der Waals surface area (Å²) in [6.45, 7) is 1.00. The number of ether oxygens (including phenoxy) is 2. The third-order valence-electron chi connectivity index (χ3n) is 4.31. The van der Waals surface area contributed by atoms with E-state index in [9.17, 15) is 10.1 Å². The number of nitriles is 1. The van der Waals surface area contributed by atoms with Crippen molar-refractivity contribution < 1.29 is 14.3 Å². The van der Waals surface area contributed by atoms with E-state index >= 15 is 0 Å². The zero-order valence-electron chi connectivity index (χ0n) is 14.4. The van der Waals surface area contributed by atoms with Crippen LogP contribution < -0.4 is 14.8 Å². The normalized spacial score (nSPS) is 12.1. The Bertz CT molecular complexity index is 1050. The van der Waals surface area contributed by atoms with Gasteiger partial charge in [-0.05, 0) is 29.8 Å². The van der Waals surface area contributed by atoms with Crippen molar-refractivity contribution in [1.82, 2.24) is 0 Å². The average molecular weight is 356 g/mol. The van der Waals surface area contributed by atoms with Crippen molar-refractivity contribution in [3.63, 3.8) is 0 Å². The molecule has 1 aliphatic rings. The molecule has 0 radical (unpaired) electrons. The van der Waals surface area contributed by atoms with Crippen LogP contribution in [0.15, 0.2) is 66.7 Å². The molecule has 0 aromatic heterocycles. The van der Waals surface area contributed by atoms with Gasteiger partial charge in [-0.2, -0.15) is 5.26 Å². The third-order valence-corrected chi connectivity index (χ3v) is 4.31. The van der Waals surface area contributed by atoms with Crippen LogP contribution >= 0.6 is 0 Å². The van der Waals surface area contributed by atoms with Crippen LogP contribution in [0.3, 0.4) is 0 Å². The molecule has 0 unspecified atom stereocenters. The first-order valence-electron chi connectivity index (χ1n) is 8.56. The van der Waals surface area contributed by atoms with Crippen molar-refractivity contribution in [1.29, 1.82) is 5.26 Å². The topological polar surface area (TPSA) is 71.4 Å². The zero-order chi connectivity index (χ0) is 18.6. The SMILES string of the molecule is N#Cc1ccccc1-c1ccccc1C(=O)Nc1ccc2c(c1)OCCO2. The second kappa shape index (κ2) is 7.22. The van der Waals surface area contributed by atoms with Gasteiger partial charge in [0.15, 0.2) is 11.5 Å². The van der Waals surface area contributed by atoms with Gasteiger partial charge in [-0.1, -0.05) is 36.4 Å². The van der Waals surface area contributed by atoms with Gasteiger partial charge in [-0.15, -0.1) is 0 Å². The molecule has 1 N–H and O–H groups in total. The molecule has 3 aromatic carbocycles. The number of benzene rings is 3. The number of carbonyl (C=O) groups is 1. The Labute approximate surface area is 156 Å². The van der Waals surface area contributed by atoms with Gasteiger partial charge in [0.2, 0.25) is 0 Å². The Morgan fingerprint density at radius 3 is 2.41 bits per heavy atom. The third kappa shape index (κ3) is 3.33. The minimum atomic E-state index is -0.255. The average Bonchev–Trinajstić information content (AvgIpc) is 2.73. The molecular formula is C22H16N2O3. The van der Waals surface area contributed by atoms with Crippen LogP contribution in [0.25, 0.3) is 11.1 Å². The summed E-state index contributed by atoms with van der Waals surface area (Å²) in [6.07, 6.45) is 0. The number of rotatable bonds is 3. The molecular weight excluding hydrogens is 340 g/mol. The molecule has 0 fully saturated rings. The number of fused-ring (bicyclic) bond motifs is 1. The van der Waals surface area contributed by atoms with Crippen molar-refractivity contribution in [2.45, 2.75) is 0 Å². The largest absolute Gasteiger partial charge is 0.486 e. The fourth-order valence-corrected chi connectivity index (χ4v) is 3.05. The van der Waals surface area contributed by atoms with E-state index in [2.05, 4.69) is 11.4 Å². The van der Waals surface area contributed by atoms with E-state index < -0.39 is 0 Å². The fraction of sp³-hybridized carbons (Fsp3) is 0.0909. The number of amides is 1. The minimum absolute atomic E-state index is 0.255. The maximum absolute atomic E-state index is 12.9. The molecule has 1 heterocycles. The maximum Gasteiger partial charge on any atom is 0.256 e. The van der Waals surface area contributed by atoms with Crippen LogP contribution in [-0.4, -0.2) is 19.1 Å². The summed E-state index contributed by atoms with van der Waals surface area (Å²) in [6, 6.07) is 22.0. The molecule has 5 nitrogen and oxygen atoms in total. The molecule has 3 aromatic rings. The summed E-state index contributed by atoms with van der Waals surface area (Å²) in [5.41, 5.74) is 3.08. The minimum Gasteiger partial charge on any atom is -0.486 e. The smallest absolute Gasteiger partial charge is 0.256 e. The molecule has 4 rings (SSSR count). The van der Waals surface area contributed by atoms with Gasteiger partial charge < -0.3 is 14.8 Å². The van der Waals surface area contributed by atoms with E-state index in [1.807, 2.05) is 24.3 Å². The molecule has 1 aliphatic heterocycles. The summed E-state index contributed by atoms with van der Waals surface area (Å²) in [7, 11) is 0. The van der Waals surface area contributed by atoms with Gasteiger partial charge in [-0.3, -0.25) is 4.79 Å². The van der Waals surface area contributed by atoms with Crippen molar-refractivity contribution in [3.05, 3.63) is 77.9 Å². The molecule has 0 aliphatic carbocycles. The highest BCUT2D eigenvalue weighted by Gasteiger charge is 2.17. The molecule has 27 heavy (non-hydrogen) atoms. The van der Waals surface area contributed by atoms with Crippen molar-refractivity contribution >= 4 is 11.6 Å². The van der Waals surface area contributed by atoms with Crippen LogP contribution in [-0.2, 0) is 0 Å². The van der Waals surface area contributed by atoms with Gasteiger partial charge in [0.25, 0.3) is 5.91 Å². The summed E-state index contributed by atoms with van der Waals surface area (Å²) in [4.78, 5) is 12.9. The van der Waals surface area contributed by atoms with Crippen LogP contribution in [0.2, 0.25) is 0 Å². The van der Waals surface area contributed by atoms with Crippen LogP contribution in [0.1, 0.15) is 15.9 Å². The summed E-state index contributed by atoms with van der Waals surface area (Å²) in [5, 5.41) is 12.3.